The highest BCUT2D eigenvalue weighted by Gasteiger charge is 2.31. The van der Waals surface area contributed by atoms with Crippen molar-refractivity contribution in [2.24, 2.45) is 0 Å². The van der Waals surface area contributed by atoms with E-state index in [1.807, 2.05) is 6.07 Å². The van der Waals surface area contributed by atoms with Crippen molar-refractivity contribution in [2.75, 3.05) is 26.2 Å². The van der Waals surface area contributed by atoms with Crippen LogP contribution in [-0.4, -0.2) is 53.2 Å². The minimum absolute atomic E-state index is 0.0180. The van der Waals surface area contributed by atoms with Crippen molar-refractivity contribution >= 4 is 16.7 Å². The summed E-state index contributed by atoms with van der Waals surface area (Å²) in [5.41, 5.74) is 1.15. The quantitative estimate of drug-likeness (QED) is 0.772. The molecule has 4 nitrogen and oxygen atoms in total. The summed E-state index contributed by atoms with van der Waals surface area (Å²) >= 11 is 0. The van der Waals surface area contributed by atoms with Gasteiger partial charge in [-0.25, -0.2) is 0 Å². The molecule has 0 bridgehead atoms. The number of aliphatic hydroxyl groups is 1. The fraction of sp³-hybridized carbons (Fsp3) is 0.400. The Hall–Kier alpha value is -1.86. The number of aliphatic hydroxyl groups excluding tert-OH is 1. The molecule has 0 radical (unpaired) electrons. The third-order valence-corrected chi connectivity index (χ3v) is 3.29. The molecule has 0 amide bonds. The summed E-state index contributed by atoms with van der Waals surface area (Å²) < 4.78 is 37.7. The van der Waals surface area contributed by atoms with Crippen LogP contribution >= 0.6 is 0 Å². The van der Waals surface area contributed by atoms with E-state index in [2.05, 4.69) is 4.98 Å². The van der Waals surface area contributed by atoms with Crippen molar-refractivity contribution in [3.63, 3.8) is 0 Å². The zero-order chi connectivity index (χ0) is 16.2. The Kier molecular flexibility index (Phi) is 5.20. The standard InChI is InChI=1S/C15H17F3N2O2/c16-15(17,18)10-20(6-3-7-21)9-14(22)12-8-19-13-5-2-1-4-11(12)13/h1-2,4-5,8,19,21H,3,6-7,9-10H2. The number of Topliss-reactive ketones (excluding diaryl/α,β-unsaturated/α-hetero) is 1. The van der Waals surface area contributed by atoms with E-state index in [0.29, 0.717) is 10.9 Å². The smallest absolute Gasteiger partial charge is 0.396 e. The monoisotopic (exact) mass is 314 g/mol. The number of nitrogens with one attached hydrogen (secondary N) is 1. The van der Waals surface area contributed by atoms with Crippen LogP contribution in [0.4, 0.5) is 13.2 Å². The van der Waals surface area contributed by atoms with Gasteiger partial charge < -0.3 is 10.1 Å². The van der Waals surface area contributed by atoms with Crippen LogP contribution in [0, 0.1) is 0 Å². The van der Waals surface area contributed by atoms with Gasteiger partial charge in [-0.3, -0.25) is 9.69 Å². The maximum absolute atomic E-state index is 12.6. The highest BCUT2D eigenvalue weighted by Crippen LogP contribution is 2.20. The lowest BCUT2D eigenvalue weighted by molar-refractivity contribution is -0.144. The number of alkyl halides is 3. The fourth-order valence-electron chi connectivity index (χ4n) is 2.35. The largest absolute Gasteiger partial charge is 0.401 e. The first-order chi connectivity index (χ1) is 10.4. The second kappa shape index (κ2) is 6.93. The van der Waals surface area contributed by atoms with Gasteiger partial charge in [-0.15, -0.1) is 0 Å². The molecule has 0 aliphatic heterocycles. The number of fused-ring (bicyclic) bond motifs is 1. The first kappa shape index (κ1) is 16.5. The van der Waals surface area contributed by atoms with Crippen LogP contribution in [0.2, 0.25) is 0 Å². The van der Waals surface area contributed by atoms with E-state index in [4.69, 9.17) is 5.11 Å². The number of rotatable bonds is 7. The number of aromatic amines is 1. The van der Waals surface area contributed by atoms with Crippen LogP contribution in [0.1, 0.15) is 16.8 Å². The van der Waals surface area contributed by atoms with Gasteiger partial charge >= 0.3 is 6.18 Å². The lowest BCUT2D eigenvalue weighted by atomic mass is 10.1. The Labute approximate surface area is 125 Å². The summed E-state index contributed by atoms with van der Waals surface area (Å²) in [5, 5.41) is 9.47. The van der Waals surface area contributed by atoms with Crippen molar-refractivity contribution in [2.45, 2.75) is 12.6 Å². The first-order valence-corrected chi connectivity index (χ1v) is 6.90. The fourth-order valence-corrected chi connectivity index (χ4v) is 2.35. The summed E-state index contributed by atoms with van der Waals surface area (Å²) in [4.78, 5) is 16.2. The molecule has 0 aliphatic rings. The SMILES string of the molecule is O=C(CN(CCCO)CC(F)(F)F)c1c[nH]c2ccccc12. The molecule has 2 aromatic rings. The second-order valence-electron chi connectivity index (χ2n) is 5.07. The number of hydrogen-bond acceptors (Lipinski definition) is 3. The minimum Gasteiger partial charge on any atom is -0.396 e. The average Bonchev–Trinajstić information content (AvgIpc) is 2.87. The number of carbonyl (C=O) groups excluding carboxylic acids is 1. The third-order valence-electron chi connectivity index (χ3n) is 3.29. The summed E-state index contributed by atoms with van der Waals surface area (Å²) in [6, 6.07) is 7.13. The molecule has 0 spiro atoms. The Morgan fingerprint density at radius 2 is 2.00 bits per heavy atom. The van der Waals surface area contributed by atoms with E-state index >= 15 is 0 Å². The average molecular weight is 314 g/mol. The van der Waals surface area contributed by atoms with E-state index in [9.17, 15) is 18.0 Å². The number of H-pyrrole nitrogens is 1. The summed E-state index contributed by atoms with van der Waals surface area (Å²) in [5.74, 6) is -0.375. The topological polar surface area (TPSA) is 56.3 Å². The van der Waals surface area contributed by atoms with Crippen LogP contribution in [0.5, 0.6) is 0 Å². The van der Waals surface area contributed by atoms with Gasteiger partial charge in [0.1, 0.15) is 0 Å². The zero-order valence-corrected chi connectivity index (χ0v) is 11.9. The molecule has 7 heteroatoms. The molecule has 0 saturated carbocycles. The van der Waals surface area contributed by atoms with Crippen molar-refractivity contribution in [3.8, 4) is 0 Å². The summed E-state index contributed by atoms with van der Waals surface area (Å²) in [6.45, 7) is -1.69. The van der Waals surface area contributed by atoms with Crippen molar-refractivity contribution in [3.05, 3.63) is 36.0 Å². The molecular weight excluding hydrogens is 297 g/mol. The van der Waals surface area contributed by atoms with Gasteiger partial charge in [0.2, 0.25) is 0 Å². The molecule has 0 saturated heterocycles. The number of nitrogens with zero attached hydrogens (tertiary/aromatic N) is 1. The molecule has 2 N–H and O–H groups in total. The number of hydrogen-bond donors (Lipinski definition) is 2. The molecule has 1 aromatic carbocycles. The van der Waals surface area contributed by atoms with Gasteiger partial charge in [0.15, 0.2) is 5.78 Å². The molecule has 22 heavy (non-hydrogen) atoms. The van der Waals surface area contributed by atoms with Gasteiger partial charge in [0.25, 0.3) is 0 Å². The van der Waals surface area contributed by atoms with Crippen molar-refractivity contribution < 1.29 is 23.1 Å². The maximum Gasteiger partial charge on any atom is 0.401 e. The molecule has 0 unspecified atom stereocenters. The Morgan fingerprint density at radius 1 is 1.27 bits per heavy atom. The number of aromatic nitrogens is 1. The van der Waals surface area contributed by atoms with E-state index in [0.717, 1.165) is 10.4 Å². The number of ketones is 1. The normalized spacial score (nSPS) is 12.2. The van der Waals surface area contributed by atoms with Gasteiger partial charge in [0, 0.05) is 35.8 Å². The molecule has 0 fully saturated rings. The van der Waals surface area contributed by atoms with Crippen molar-refractivity contribution in [1.82, 2.24) is 9.88 Å². The van der Waals surface area contributed by atoms with Gasteiger partial charge in [-0.05, 0) is 12.5 Å². The number of halogens is 3. The lowest BCUT2D eigenvalue weighted by Gasteiger charge is -2.22. The molecule has 2 rings (SSSR count). The Morgan fingerprint density at radius 3 is 2.68 bits per heavy atom. The van der Waals surface area contributed by atoms with Gasteiger partial charge in [0.05, 0.1) is 13.1 Å². The van der Waals surface area contributed by atoms with Crippen LogP contribution in [0.3, 0.4) is 0 Å². The van der Waals surface area contributed by atoms with Crippen LogP contribution in [-0.2, 0) is 0 Å². The van der Waals surface area contributed by atoms with Crippen molar-refractivity contribution in [1.29, 1.82) is 0 Å². The lowest BCUT2D eigenvalue weighted by Crippen LogP contribution is -2.38. The van der Waals surface area contributed by atoms with Crippen LogP contribution in [0.25, 0.3) is 10.9 Å². The number of benzene rings is 1. The highest BCUT2D eigenvalue weighted by atomic mass is 19.4. The van der Waals surface area contributed by atoms with E-state index in [1.54, 1.807) is 18.2 Å². The molecule has 120 valence electrons. The zero-order valence-electron chi connectivity index (χ0n) is 11.9. The molecule has 0 atom stereocenters. The van der Waals surface area contributed by atoms with Crippen LogP contribution in [0.15, 0.2) is 30.5 Å². The van der Waals surface area contributed by atoms with Gasteiger partial charge in [-0.2, -0.15) is 13.2 Å². The molecule has 0 aliphatic carbocycles. The molecule has 1 aromatic heterocycles. The second-order valence-corrected chi connectivity index (χ2v) is 5.07. The molecule has 1 heterocycles. The summed E-state index contributed by atoms with van der Waals surface area (Å²) in [7, 11) is 0. The van der Waals surface area contributed by atoms with E-state index < -0.39 is 12.7 Å². The number of para-hydroxylation sites is 1. The Bertz CT molecular complexity index is 637. The maximum atomic E-state index is 12.6. The first-order valence-electron chi connectivity index (χ1n) is 6.90. The third kappa shape index (κ3) is 4.32. The van der Waals surface area contributed by atoms with Crippen LogP contribution < -0.4 is 0 Å². The number of carbonyl (C=O) groups is 1. The highest BCUT2D eigenvalue weighted by molar-refractivity contribution is 6.08. The predicted molar refractivity (Wildman–Crippen MR) is 76.8 cm³/mol. The van der Waals surface area contributed by atoms with E-state index in [-0.39, 0.29) is 31.9 Å². The summed E-state index contributed by atoms with van der Waals surface area (Å²) in [6.07, 6.45) is -2.67. The van der Waals surface area contributed by atoms with E-state index in [1.165, 1.54) is 6.20 Å². The molecular formula is C15H17F3N2O2. The van der Waals surface area contributed by atoms with Gasteiger partial charge in [-0.1, -0.05) is 18.2 Å². The Balaban J connectivity index is 2.13. The predicted octanol–water partition coefficient (Wildman–Crippen LogP) is 2.60. The minimum atomic E-state index is -4.38.